The topological polar surface area (TPSA) is 77.7 Å². The van der Waals surface area contributed by atoms with Gasteiger partial charge in [0.1, 0.15) is 11.5 Å². The van der Waals surface area contributed by atoms with Crippen molar-refractivity contribution in [3.8, 4) is 17.4 Å². The first-order valence-electron chi connectivity index (χ1n) is 8.97. The Morgan fingerprint density at radius 2 is 1.93 bits per heavy atom. The Morgan fingerprint density at radius 1 is 1.21 bits per heavy atom. The van der Waals surface area contributed by atoms with Crippen LogP contribution in [0.3, 0.4) is 0 Å². The monoisotopic (exact) mass is 427 g/mol. The summed E-state index contributed by atoms with van der Waals surface area (Å²) in [6, 6.07) is 12.7. The third-order valence-corrected chi connectivity index (χ3v) is 4.60. The highest BCUT2D eigenvalue weighted by Crippen LogP contribution is 2.23. The van der Waals surface area contributed by atoms with Crippen LogP contribution in [0.4, 0.5) is 0 Å². The highest BCUT2D eigenvalue weighted by Gasteiger charge is 2.25. The number of carbonyl (C=O) groups excluding carboxylic acids is 1. The summed E-state index contributed by atoms with van der Waals surface area (Å²) in [7, 11) is 0. The number of ether oxygens (including phenoxy) is 2. The third-order valence-electron chi connectivity index (χ3n) is 4.60. The zero-order valence-electron chi connectivity index (χ0n) is 15.8. The fourth-order valence-corrected chi connectivity index (χ4v) is 3.03. The number of hydrogen-bond acceptors (Lipinski definition) is 5. The van der Waals surface area contributed by atoms with E-state index in [2.05, 4.69) is 4.98 Å². The van der Waals surface area contributed by atoms with Gasteiger partial charge in [0.25, 0.3) is 5.91 Å². The van der Waals surface area contributed by atoms with Crippen LogP contribution in [-0.2, 0) is 4.79 Å². The van der Waals surface area contributed by atoms with Crippen molar-refractivity contribution < 1.29 is 14.3 Å². The van der Waals surface area contributed by atoms with Crippen molar-refractivity contribution in [2.45, 2.75) is 25.8 Å². The predicted molar refractivity (Wildman–Crippen MR) is 114 cm³/mol. The fraction of sp³-hybridized carbons (Fsp3) is 0.400. The van der Waals surface area contributed by atoms with Crippen LogP contribution in [0.5, 0.6) is 17.4 Å². The lowest BCUT2D eigenvalue weighted by atomic mass is 9.92. The number of benzene rings is 1. The molecule has 1 amide bonds. The summed E-state index contributed by atoms with van der Waals surface area (Å²) in [6.07, 6.45) is 3.76. The molecule has 2 atom stereocenters. The first kappa shape index (κ1) is 24.0. The van der Waals surface area contributed by atoms with Gasteiger partial charge in [0.15, 0.2) is 6.61 Å². The Labute approximate surface area is 178 Å². The van der Waals surface area contributed by atoms with Crippen LogP contribution in [0.2, 0.25) is 0 Å². The van der Waals surface area contributed by atoms with Crippen molar-refractivity contribution in [3.63, 3.8) is 0 Å². The molecule has 0 aliphatic carbocycles. The highest BCUT2D eigenvalue weighted by molar-refractivity contribution is 5.85. The molecule has 0 bridgehead atoms. The molecule has 2 N–H and O–H groups in total. The number of rotatable bonds is 6. The van der Waals surface area contributed by atoms with Crippen molar-refractivity contribution in [2.75, 3.05) is 19.7 Å². The molecule has 3 rings (SSSR count). The number of amides is 1. The summed E-state index contributed by atoms with van der Waals surface area (Å²) in [6.45, 7) is 3.54. The molecular formula is C20H27Cl2N3O3. The number of carbonyl (C=O) groups is 1. The van der Waals surface area contributed by atoms with Gasteiger partial charge in [-0.15, -0.1) is 24.8 Å². The number of halogens is 2. The van der Waals surface area contributed by atoms with E-state index in [1.165, 1.54) is 0 Å². The van der Waals surface area contributed by atoms with Gasteiger partial charge in [-0.25, -0.2) is 4.98 Å². The average Bonchev–Trinajstić information content (AvgIpc) is 2.68. The maximum absolute atomic E-state index is 12.4. The number of pyridine rings is 1. The Balaban J connectivity index is 0.00000196. The number of nitrogens with zero attached hydrogens (tertiary/aromatic N) is 2. The smallest absolute Gasteiger partial charge is 0.260 e. The average molecular weight is 428 g/mol. The van der Waals surface area contributed by atoms with Gasteiger partial charge in [-0.05, 0) is 56.0 Å². The summed E-state index contributed by atoms with van der Waals surface area (Å²) in [5.41, 5.74) is 5.98. The number of hydrogen-bond donors (Lipinski definition) is 1. The van der Waals surface area contributed by atoms with Gasteiger partial charge >= 0.3 is 0 Å². The minimum Gasteiger partial charge on any atom is -0.484 e. The molecule has 1 aromatic heterocycles. The molecule has 6 nitrogen and oxygen atoms in total. The molecule has 1 saturated heterocycles. The van der Waals surface area contributed by atoms with Crippen LogP contribution in [0, 0.1) is 5.92 Å². The molecule has 1 aromatic carbocycles. The van der Waals surface area contributed by atoms with E-state index in [-0.39, 0.29) is 43.4 Å². The molecule has 0 saturated carbocycles. The molecular weight excluding hydrogens is 401 g/mol. The quantitative estimate of drug-likeness (QED) is 0.760. The van der Waals surface area contributed by atoms with E-state index in [1.807, 2.05) is 24.0 Å². The van der Waals surface area contributed by atoms with Crippen LogP contribution < -0.4 is 15.2 Å². The normalized spacial score (nSPS) is 16.9. The van der Waals surface area contributed by atoms with E-state index < -0.39 is 0 Å². The molecule has 28 heavy (non-hydrogen) atoms. The van der Waals surface area contributed by atoms with Crippen molar-refractivity contribution in [3.05, 3.63) is 48.7 Å². The van der Waals surface area contributed by atoms with E-state index in [1.54, 1.807) is 36.5 Å². The molecule has 1 fully saturated rings. The van der Waals surface area contributed by atoms with Gasteiger partial charge in [-0.1, -0.05) is 6.07 Å². The number of likely N-dealkylation sites (tertiary alicyclic amines) is 1. The zero-order valence-corrected chi connectivity index (χ0v) is 17.5. The standard InChI is InChI=1S/C20H25N3O3.2ClH/c1-15(21)16-5-4-12-23(13-16)20(24)14-25-17-7-9-18(10-8-17)26-19-6-2-3-11-22-19;;/h2-3,6-11,15-16H,4-5,12-14,21H2,1H3;2*1H. The number of piperidine rings is 1. The second-order valence-electron chi connectivity index (χ2n) is 6.63. The predicted octanol–water partition coefficient (Wildman–Crippen LogP) is 3.68. The lowest BCUT2D eigenvalue weighted by Crippen LogP contribution is -2.46. The molecule has 2 unspecified atom stereocenters. The van der Waals surface area contributed by atoms with Crippen LogP contribution >= 0.6 is 24.8 Å². The maximum Gasteiger partial charge on any atom is 0.260 e. The zero-order chi connectivity index (χ0) is 18.4. The maximum atomic E-state index is 12.4. The van der Waals surface area contributed by atoms with E-state index in [0.717, 1.165) is 25.9 Å². The fourth-order valence-electron chi connectivity index (χ4n) is 3.03. The molecule has 0 radical (unpaired) electrons. The SMILES string of the molecule is CC(N)C1CCCN(C(=O)COc2ccc(Oc3ccccn3)cc2)C1.Cl.Cl. The van der Waals surface area contributed by atoms with E-state index in [4.69, 9.17) is 15.2 Å². The molecule has 1 aliphatic rings. The van der Waals surface area contributed by atoms with Crippen molar-refractivity contribution in [2.24, 2.45) is 11.7 Å². The lowest BCUT2D eigenvalue weighted by Gasteiger charge is -2.34. The van der Waals surface area contributed by atoms with Gasteiger partial charge in [0, 0.05) is 31.4 Å². The second-order valence-corrected chi connectivity index (χ2v) is 6.63. The largest absolute Gasteiger partial charge is 0.484 e. The summed E-state index contributed by atoms with van der Waals surface area (Å²) in [5.74, 6) is 2.20. The Morgan fingerprint density at radius 3 is 2.57 bits per heavy atom. The summed E-state index contributed by atoms with van der Waals surface area (Å²) in [4.78, 5) is 18.3. The molecule has 2 heterocycles. The third kappa shape index (κ3) is 6.86. The highest BCUT2D eigenvalue weighted by atomic mass is 35.5. The van der Waals surface area contributed by atoms with Gasteiger partial charge in [-0.2, -0.15) is 0 Å². The van der Waals surface area contributed by atoms with Crippen LogP contribution in [0.1, 0.15) is 19.8 Å². The first-order chi connectivity index (χ1) is 12.6. The summed E-state index contributed by atoms with van der Waals surface area (Å²) < 4.78 is 11.3. The number of nitrogens with two attached hydrogens (primary N) is 1. The minimum atomic E-state index is 0. The minimum absolute atomic E-state index is 0. The Hall–Kier alpha value is -2.02. The Kier molecular flexibility index (Phi) is 10.1. The molecule has 8 heteroatoms. The van der Waals surface area contributed by atoms with Crippen LogP contribution in [-0.4, -0.2) is 41.5 Å². The van der Waals surface area contributed by atoms with Crippen molar-refractivity contribution in [1.29, 1.82) is 0 Å². The van der Waals surface area contributed by atoms with Gasteiger partial charge in [-0.3, -0.25) is 4.79 Å². The molecule has 0 spiro atoms. The number of aromatic nitrogens is 1. The summed E-state index contributed by atoms with van der Waals surface area (Å²) >= 11 is 0. The van der Waals surface area contributed by atoms with E-state index >= 15 is 0 Å². The second kappa shape index (κ2) is 11.7. The van der Waals surface area contributed by atoms with E-state index in [9.17, 15) is 4.79 Å². The summed E-state index contributed by atoms with van der Waals surface area (Å²) in [5, 5.41) is 0. The van der Waals surface area contributed by atoms with Gasteiger partial charge in [0.05, 0.1) is 0 Å². The van der Waals surface area contributed by atoms with E-state index in [0.29, 0.717) is 23.3 Å². The molecule has 154 valence electrons. The lowest BCUT2D eigenvalue weighted by molar-refractivity contribution is -0.135. The first-order valence-corrected chi connectivity index (χ1v) is 8.97. The van der Waals surface area contributed by atoms with Gasteiger partial charge in [0.2, 0.25) is 5.88 Å². The van der Waals surface area contributed by atoms with Gasteiger partial charge < -0.3 is 20.1 Å². The Bertz CT molecular complexity index is 714. The van der Waals surface area contributed by atoms with Crippen molar-refractivity contribution >= 4 is 30.7 Å². The van der Waals surface area contributed by atoms with Crippen LogP contribution in [0.25, 0.3) is 0 Å². The molecule has 2 aromatic rings. The van der Waals surface area contributed by atoms with Crippen LogP contribution in [0.15, 0.2) is 48.7 Å². The molecule has 1 aliphatic heterocycles. The van der Waals surface area contributed by atoms with Crippen molar-refractivity contribution in [1.82, 2.24) is 9.88 Å².